The van der Waals surface area contributed by atoms with Gasteiger partial charge in [0.25, 0.3) is 0 Å². The molecule has 0 aromatic rings. The minimum absolute atomic E-state index is 0.389. The molecular weight excluding hydrogens is 268 g/mol. The molecule has 0 bridgehead atoms. The van der Waals surface area contributed by atoms with Gasteiger partial charge in [-0.1, -0.05) is 88.8 Å². The normalized spacial score (nSPS) is 21.5. The Morgan fingerprint density at radius 2 is 1.50 bits per heavy atom. The lowest BCUT2D eigenvalue weighted by Crippen LogP contribution is -1.87. The molecule has 1 fully saturated rings. The van der Waals surface area contributed by atoms with Crippen molar-refractivity contribution in [1.29, 1.82) is 0 Å². The van der Waals surface area contributed by atoms with Gasteiger partial charge < -0.3 is 4.74 Å². The molecule has 1 rings (SSSR count). The van der Waals surface area contributed by atoms with Crippen LogP contribution in [0.1, 0.15) is 84.5 Å². The molecule has 2 unspecified atom stereocenters. The maximum absolute atomic E-state index is 5.66. The van der Waals surface area contributed by atoms with Gasteiger partial charge in [-0.2, -0.15) is 0 Å². The SMILES string of the molecule is CC/C=C\C/C=C\CC1OC1/C=C/CCCCCCCCC. The molecule has 0 radical (unpaired) electrons. The molecule has 0 aromatic carbocycles. The van der Waals surface area contributed by atoms with E-state index in [1.807, 2.05) is 0 Å². The van der Waals surface area contributed by atoms with Crippen molar-refractivity contribution in [2.75, 3.05) is 0 Å². The highest BCUT2D eigenvalue weighted by molar-refractivity contribution is 5.05. The van der Waals surface area contributed by atoms with Crippen LogP contribution in [0.15, 0.2) is 36.5 Å². The fourth-order valence-electron chi connectivity index (χ4n) is 2.63. The maximum atomic E-state index is 5.66. The van der Waals surface area contributed by atoms with E-state index in [-0.39, 0.29) is 0 Å². The van der Waals surface area contributed by atoms with Crippen molar-refractivity contribution in [1.82, 2.24) is 0 Å². The Kier molecular flexibility index (Phi) is 12.1. The summed E-state index contributed by atoms with van der Waals surface area (Å²) in [6, 6.07) is 0. The fraction of sp³-hybridized carbons (Fsp3) is 0.714. The van der Waals surface area contributed by atoms with Crippen molar-refractivity contribution in [3.63, 3.8) is 0 Å². The molecule has 1 heteroatoms. The molecule has 0 saturated carbocycles. The van der Waals surface area contributed by atoms with Gasteiger partial charge in [0.2, 0.25) is 0 Å². The Hall–Kier alpha value is -0.820. The summed E-state index contributed by atoms with van der Waals surface area (Å²) < 4.78 is 5.66. The van der Waals surface area contributed by atoms with Gasteiger partial charge in [-0.25, -0.2) is 0 Å². The van der Waals surface area contributed by atoms with Gasteiger partial charge >= 0.3 is 0 Å². The average Bonchev–Trinajstić information content (AvgIpc) is 3.27. The molecule has 1 heterocycles. The highest BCUT2D eigenvalue weighted by atomic mass is 16.6. The Morgan fingerprint density at radius 1 is 0.773 bits per heavy atom. The number of hydrogen-bond donors (Lipinski definition) is 0. The Bertz CT molecular complexity index is 327. The molecule has 1 aliphatic heterocycles. The molecule has 0 N–H and O–H groups in total. The molecule has 126 valence electrons. The number of hydrogen-bond acceptors (Lipinski definition) is 1. The minimum atomic E-state index is 0.389. The standard InChI is InChI=1S/C21H36O/c1-3-5-7-9-11-12-13-15-17-19-21-20(22-21)18-16-14-10-8-6-4-2/h6,8,14,16-17,19-21H,3-5,7,9-13,15,18H2,1-2H3/b8-6-,16-14-,19-17+. The van der Waals surface area contributed by atoms with Gasteiger partial charge in [0, 0.05) is 0 Å². The molecular formula is C21H36O. The molecule has 0 aliphatic carbocycles. The number of rotatable bonds is 14. The van der Waals surface area contributed by atoms with Crippen LogP contribution in [0, 0.1) is 0 Å². The quantitative estimate of drug-likeness (QED) is 0.196. The lowest BCUT2D eigenvalue weighted by atomic mass is 10.1. The van der Waals surface area contributed by atoms with Crippen LogP contribution < -0.4 is 0 Å². The number of unbranched alkanes of at least 4 members (excludes halogenated alkanes) is 7. The zero-order valence-electron chi connectivity index (χ0n) is 14.8. The lowest BCUT2D eigenvalue weighted by molar-refractivity contribution is 0.390. The topological polar surface area (TPSA) is 12.5 Å². The highest BCUT2D eigenvalue weighted by Gasteiger charge is 2.34. The second kappa shape index (κ2) is 13.8. The van der Waals surface area contributed by atoms with Crippen LogP contribution in [0.2, 0.25) is 0 Å². The summed E-state index contributed by atoms with van der Waals surface area (Å²) in [7, 11) is 0. The van der Waals surface area contributed by atoms with Crippen molar-refractivity contribution in [3.05, 3.63) is 36.5 Å². The van der Waals surface area contributed by atoms with E-state index in [0.717, 1.165) is 19.3 Å². The molecule has 0 amide bonds. The van der Waals surface area contributed by atoms with Crippen LogP contribution in [-0.4, -0.2) is 12.2 Å². The lowest BCUT2D eigenvalue weighted by Gasteiger charge is -1.98. The van der Waals surface area contributed by atoms with Crippen LogP contribution in [0.25, 0.3) is 0 Å². The monoisotopic (exact) mass is 304 g/mol. The van der Waals surface area contributed by atoms with Crippen molar-refractivity contribution in [2.45, 2.75) is 96.7 Å². The second-order valence-corrected chi connectivity index (χ2v) is 6.30. The Labute approximate surface area is 138 Å². The fourth-order valence-corrected chi connectivity index (χ4v) is 2.63. The summed E-state index contributed by atoms with van der Waals surface area (Å²) in [5.41, 5.74) is 0. The first kappa shape index (κ1) is 19.2. The summed E-state index contributed by atoms with van der Waals surface area (Å²) >= 11 is 0. The zero-order chi connectivity index (χ0) is 15.9. The van der Waals surface area contributed by atoms with E-state index in [4.69, 9.17) is 4.74 Å². The first-order valence-electron chi connectivity index (χ1n) is 9.50. The van der Waals surface area contributed by atoms with Crippen molar-refractivity contribution in [3.8, 4) is 0 Å². The minimum Gasteiger partial charge on any atom is -0.365 e. The van der Waals surface area contributed by atoms with E-state index in [2.05, 4.69) is 50.3 Å². The first-order chi connectivity index (χ1) is 10.9. The summed E-state index contributed by atoms with van der Waals surface area (Å²) in [5.74, 6) is 0. The summed E-state index contributed by atoms with van der Waals surface area (Å²) in [5, 5.41) is 0. The molecule has 1 nitrogen and oxygen atoms in total. The number of ether oxygens (including phenoxy) is 1. The van der Waals surface area contributed by atoms with Gasteiger partial charge in [-0.05, 0) is 32.1 Å². The van der Waals surface area contributed by atoms with Gasteiger partial charge in [-0.3, -0.25) is 0 Å². The summed E-state index contributed by atoms with van der Waals surface area (Å²) in [6.45, 7) is 4.44. The third kappa shape index (κ3) is 10.8. The van der Waals surface area contributed by atoms with Crippen LogP contribution in [-0.2, 0) is 4.74 Å². The van der Waals surface area contributed by atoms with Gasteiger partial charge in [-0.15, -0.1) is 0 Å². The van der Waals surface area contributed by atoms with E-state index in [9.17, 15) is 0 Å². The van der Waals surface area contributed by atoms with Crippen LogP contribution >= 0.6 is 0 Å². The van der Waals surface area contributed by atoms with E-state index in [0.29, 0.717) is 12.2 Å². The van der Waals surface area contributed by atoms with Gasteiger partial charge in [0.05, 0.1) is 6.10 Å². The molecule has 0 spiro atoms. The van der Waals surface area contributed by atoms with Crippen molar-refractivity contribution in [2.24, 2.45) is 0 Å². The van der Waals surface area contributed by atoms with Crippen molar-refractivity contribution >= 4 is 0 Å². The van der Waals surface area contributed by atoms with E-state index in [1.54, 1.807) is 0 Å². The first-order valence-corrected chi connectivity index (χ1v) is 9.50. The van der Waals surface area contributed by atoms with E-state index >= 15 is 0 Å². The Balaban J connectivity index is 1.89. The van der Waals surface area contributed by atoms with Crippen LogP contribution in [0.5, 0.6) is 0 Å². The predicted octanol–water partition coefficient (Wildman–Crippen LogP) is 6.75. The predicted molar refractivity (Wildman–Crippen MR) is 98.2 cm³/mol. The summed E-state index contributed by atoms with van der Waals surface area (Å²) in [4.78, 5) is 0. The molecule has 22 heavy (non-hydrogen) atoms. The van der Waals surface area contributed by atoms with Crippen LogP contribution in [0.3, 0.4) is 0 Å². The van der Waals surface area contributed by atoms with Crippen molar-refractivity contribution < 1.29 is 4.74 Å². The van der Waals surface area contributed by atoms with E-state index in [1.165, 1.54) is 51.4 Å². The largest absolute Gasteiger partial charge is 0.365 e. The average molecular weight is 305 g/mol. The maximum Gasteiger partial charge on any atom is 0.103 e. The zero-order valence-corrected chi connectivity index (χ0v) is 14.8. The number of epoxide rings is 1. The van der Waals surface area contributed by atoms with Gasteiger partial charge in [0.1, 0.15) is 6.10 Å². The molecule has 1 aliphatic rings. The summed E-state index contributed by atoms with van der Waals surface area (Å²) in [6.07, 6.45) is 28.6. The number of allylic oxidation sites excluding steroid dienone is 4. The smallest absolute Gasteiger partial charge is 0.103 e. The van der Waals surface area contributed by atoms with Gasteiger partial charge in [0.15, 0.2) is 0 Å². The highest BCUT2D eigenvalue weighted by Crippen LogP contribution is 2.27. The second-order valence-electron chi connectivity index (χ2n) is 6.30. The van der Waals surface area contributed by atoms with E-state index < -0.39 is 0 Å². The third-order valence-electron chi connectivity index (χ3n) is 4.13. The molecule has 0 aromatic heterocycles. The Morgan fingerprint density at radius 3 is 2.27 bits per heavy atom. The third-order valence-corrected chi connectivity index (χ3v) is 4.13. The van der Waals surface area contributed by atoms with Crippen LogP contribution in [0.4, 0.5) is 0 Å². The molecule has 2 atom stereocenters. The molecule has 1 saturated heterocycles.